The molecule has 0 saturated heterocycles. The molecule has 18 heavy (non-hydrogen) atoms. The van der Waals surface area contributed by atoms with Crippen LogP contribution < -0.4 is 10.6 Å². The third-order valence-corrected chi connectivity index (χ3v) is 3.31. The van der Waals surface area contributed by atoms with Crippen LogP contribution in [0.15, 0.2) is 6.07 Å². The molecule has 3 nitrogen and oxygen atoms in total. The molecule has 1 aromatic rings. The molecule has 0 bridgehead atoms. The summed E-state index contributed by atoms with van der Waals surface area (Å²) in [6.07, 6.45) is 2.28. The maximum absolute atomic E-state index is 13.7. The summed E-state index contributed by atoms with van der Waals surface area (Å²) in [5.41, 5.74) is -0.213. The van der Waals surface area contributed by atoms with Gasteiger partial charge in [0.1, 0.15) is 0 Å². The molecule has 1 fully saturated rings. The van der Waals surface area contributed by atoms with Gasteiger partial charge in [-0.15, -0.1) is 0 Å². The van der Waals surface area contributed by atoms with Gasteiger partial charge in [-0.3, -0.25) is 0 Å². The average molecular weight is 255 g/mol. The van der Waals surface area contributed by atoms with Crippen molar-refractivity contribution in [1.29, 1.82) is 0 Å². The summed E-state index contributed by atoms with van der Waals surface area (Å²) >= 11 is 0. The second-order valence-electron chi connectivity index (χ2n) is 5.30. The number of nitrogens with zero attached hydrogens (tertiary/aromatic N) is 1. The van der Waals surface area contributed by atoms with Gasteiger partial charge >= 0.3 is 0 Å². The van der Waals surface area contributed by atoms with E-state index >= 15 is 0 Å². The Morgan fingerprint density at radius 1 is 1.28 bits per heavy atom. The molecule has 0 aromatic carbocycles. The van der Waals surface area contributed by atoms with Gasteiger partial charge in [0, 0.05) is 18.2 Å². The molecule has 1 aromatic heterocycles. The van der Waals surface area contributed by atoms with Crippen molar-refractivity contribution in [3.05, 3.63) is 17.7 Å². The highest BCUT2D eigenvalue weighted by molar-refractivity contribution is 5.49. The first-order valence-corrected chi connectivity index (χ1v) is 6.32. The van der Waals surface area contributed by atoms with Gasteiger partial charge in [-0.05, 0) is 39.5 Å². The van der Waals surface area contributed by atoms with Crippen molar-refractivity contribution in [3.8, 4) is 0 Å². The molecule has 1 aliphatic rings. The summed E-state index contributed by atoms with van der Waals surface area (Å²) in [4.78, 5) is 3.98. The van der Waals surface area contributed by atoms with Crippen molar-refractivity contribution >= 4 is 11.6 Å². The molecule has 1 aliphatic carbocycles. The van der Waals surface area contributed by atoms with Gasteiger partial charge < -0.3 is 10.6 Å². The summed E-state index contributed by atoms with van der Waals surface area (Å²) in [6.45, 7) is 6.41. The summed E-state index contributed by atoms with van der Waals surface area (Å²) < 4.78 is 27.1. The molecule has 2 rings (SSSR count). The normalized spacial score (nSPS) is 15.6. The minimum atomic E-state index is -0.663. The number of hydrogen-bond donors (Lipinski definition) is 2. The smallest absolute Gasteiger partial charge is 0.168 e. The van der Waals surface area contributed by atoms with Gasteiger partial charge in [-0.1, -0.05) is 0 Å². The molecule has 5 heteroatoms. The third-order valence-electron chi connectivity index (χ3n) is 3.31. The number of rotatable bonds is 5. The van der Waals surface area contributed by atoms with Gasteiger partial charge in [0.15, 0.2) is 23.3 Å². The van der Waals surface area contributed by atoms with Gasteiger partial charge in [-0.2, -0.15) is 0 Å². The fourth-order valence-electron chi connectivity index (χ4n) is 2.06. The Bertz CT molecular complexity index is 442. The van der Waals surface area contributed by atoms with E-state index in [9.17, 15) is 8.78 Å². The monoisotopic (exact) mass is 255 g/mol. The molecule has 0 aliphatic heterocycles. The van der Waals surface area contributed by atoms with Crippen molar-refractivity contribution in [1.82, 2.24) is 4.98 Å². The van der Waals surface area contributed by atoms with E-state index in [2.05, 4.69) is 15.6 Å². The van der Waals surface area contributed by atoms with Crippen LogP contribution >= 0.6 is 0 Å². The second-order valence-corrected chi connectivity index (χ2v) is 5.30. The zero-order valence-electron chi connectivity index (χ0n) is 11.0. The lowest BCUT2D eigenvalue weighted by Gasteiger charge is -2.27. The van der Waals surface area contributed by atoms with E-state index in [-0.39, 0.29) is 17.2 Å². The lowest BCUT2D eigenvalue weighted by molar-refractivity contribution is 0.484. The lowest BCUT2D eigenvalue weighted by atomic mass is 9.99. The first-order chi connectivity index (χ1) is 8.44. The first kappa shape index (κ1) is 13.1. The zero-order valence-corrected chi connectivity index (χ0v) is 11.0. The Kier molecular flexibility index (Phi) is 3.41. The topological polar surface area (TPSA) is 37.0 Å². The number of nitrogens with one attached hydrogen (secondary N) is 2. The van der Waals surface area contributed by atoms with Crippen LogP contribution in [0, 0.1) is 17.6 Å². The summed E-state index contributed by atoms with van der Waals surface area (Å²) in [5.74, 6) is -0.574. The van der Waals surface area contributed by atoms with Crippen molar-refractivity contribution < 1.29 is 8.78 Å². The largest absolute Gasteiger partial charge is 0.368 e. The van der Waals surface area contributed by atoms with Crippen molar-refractivity contribution in [2.24, 2.45) is 5.92 Å². The van der Waals surface area contributed by atoms with Crippen LogP contribution in [-0.2, 0) is 0 Å². The molecule has 0 amide bonds. The summed E-state index contributed by atoms with van der Waals surface area (Å²) in [6, 6.07) is 0.871. The molecule has 0 unspecified atom stereocenters. The highest BCUT2D eigenvalue weighted by atomic mass is 19.1. The van der Waals surface area contributed by atoms with Crippen LogP contribution in [0.2, 0.25) is 0 Å². The number of pyridine rings is 1. The maximum Gasteiger partial charge on any atom is 0.168 e. The predicted octanol–water partition coefficient (Wildman–Crippen LogP) is 3.39. The van der Waals surface area contributed by atoms with Crippen molar-refractivity contribution in [2.45, 2.75) is 39.2 Å². The Labute approximate surface area is 106 Å². The van der Waals surface area contributed by atoms with E-state index in [1.54, 1.807) is 0 Å². The van der Waals surface area contributed by atoms with Crippen LogP contribution in [0.25, 0.3) is 0 Å². The molecular formula is C13H19F2N3. The minimum absolute atomic E-state index is 0.0907. The molecule has 1 heterocycles. The molecular weight excluding hydrogens is 236 g/mol. The van der Waals surface area contributed by atoms with E-state index in [1.807, 2.05) is 20.8 Å². The van der Waals surface area contributed by atoms with Crippen LogP contribution in [0.5, 0.6) is 0 Å². The van der Waals surface area contributed by atoms with Crippen molar-refractivity contribution in [3.63, 3.8) is 0 Å². The van der Waals surface area contributed by atoms with E-state index in [0.29, 0.717) is 12.5 Å². The quantitative estimate of drug-likeness (QED) is 0.846. The van der Waals surface area contributed by atoms with Crippen LogP contribution in [-0.4, -0.2) is 17.1 Å². The SMILES string of the molecule is CCNc1nc(NC(C)(C)C2CC2)c(F)cc1F. The zero-order chi connectivity index (χ0) is 13.3. The summed E-state index contributed by atoms with van der Waals surface area (Å²) in [7, 11) is 0. The highest BCUT2D eigenvalue weighted by Gasteiger charge is 2.38. The number of hydrogen-bond acceptors (Lipinski definition) is 3. The Morgan fingerprint density at radius 3 is 2.44 bits per heavy atom. The maximum atomic E-state index is 13.7. The van der Waals surface area contributed by atoms with E-state index in [1.165, 1.54) is 0 Å². The molecule has 100 valence electrons. The van der Waals surface area contributed by atoms with E-state index < -0.39 is 11.6 Å². The van der Waals surface area contributed by atoms with Gasteiger partial charge in [-0.25, -0.2) is 13.8 Å². The number of anilines is 2. The standard InChI is InChI=1S/C13H19F2N3/c1-4-16-11-9(14)7-10(15)12(17-11)18-13(2,3)8-5-6-8/h7-8H,4-6H2,1-3H3,(H2,16,17,18). The number of aromatic nitrogens is 1. The van der Waals surface area contributed by atoms with Gasteiger partial charge in [0.05, 0.1) is 0 Å². The molecule has 2 N–H and O–H groups in total. The fraction of sp³-hybridized carbons (Fsp3) is 0.615. The highest BCUT2D eigenvalue weighted by Crippen LogP contribution is 2.41. The molecule has 0 spiro atoms. The van der Waals surface area contributed by atoms with Crippen LogP contribution in [0.1, 0.15) is 33.6 Å². The van der Waals surface area contributed by atoms with Crippen LogP contribution in [0.4, 0.5) is 20.4 Å². The minimum Gasteiger partial charge on any atom is -0.368 e. The second kappa shape index (κ2) is 4.71. The predicted molar refractivity (Wildman–Crippen MR) is 68.7 cm³/mol. The Balaban J connectivity index is 2.23. The van der Waals surface area contributed by atoms with E-state index in [0.717, 1.165) is 18.9 Å². The molecule has 1 saturated carbocycles. The van der Waals surface area contributed by atoms with Crippen LogP contribution in [0.3, 0.4) is 0 Å². The third kappa shape index (κ3) is 2.71. The lowest BCUT2D eigenvalue weighted by Crippen LogP contribution is -2.34. The first-order valence-electron chi connectivity index (χ1n) is 6.32. The molecule has 0 atom stereocenters. The van der Waals surface area contributed by atoms with Crippen molar-refractivity contribution in [2.75, 3.05) is 17.2 Å². The molecule has 0 radical (unpaired) electrons. The summed E-state index contributed by atoms with van der Waals surface area (Å²) in [5, 5.41) is 5.86. The average Bonchev–Trinajstić information content (AvgIpc) is 3.08. The van der Waals surface area contributed by atoms with Gasteiger partial charge in [0.25, 0.3) is 0 Å². The number of halogens is 2. The van der Waals surface area contributed by atoms with Gasteiger partial charge in [0.2, 0.25) is 0 Å². The van der Waals surface area contributed by atoms with E-state index in [4.69, 9.17) is 0 Å². The fourth-order valence-corrected chi connectivity index (χ4v) is 2.06. The Morgan fingerprint density at radius 2 is 1.89 bits per heavy atom. The Hall–Kier alpha value is -1.39.